The molecule has 0 saturated carbocycles. The van der Waals surface area contributed by atoms with Crippen LogP contribution in [0.2, 0.25) is 0 Å². The monoisotopic (exact) mass is 409 g/mol. The molecule has 0 fully saturated rings. The van der Waals surface area contributed by atoms with Crippen LogP contribution in [0.5, 0.6) is 5.75 Å². The quantitative estimate of drug-likeness (QED) is 0.460. The first-order chi connectivity index (χ1) is 15.0. The van der Waals surface area contributed by atoms with E-state index in [1.165, 1.54) is 11.1 Å². The van der Waals surface area contributed by atoms with Crippen LogP contribution >= 0.6 is 0 Å². The number of hydrogen-bond donors (Lipinski definition) is 1. The van der Waals surface area contributed by atoms with Crippen molar-refractivity contribution >= 4 is 11.9 Å². The molecule has 31 heavy (non-hydrogen) atoms. The summed E-state index contributed by atoms with van der Waals surface area (Å²) in [7, 11) is 1.57. The SMILES string of the molecule is COc1cccc(C(=O)Nc2nc(-c3ccc(C)cc3)cc(-c3ccc(C)cc3)n2)c1. The van der Waals surface area contributed by atoms with Gasteiger partial charge in [0.05, 0.1) is 18.5 Å². The molecular formula is C26H23N3O2. The average Bonchev–Trinajstić information content (AvgIpc) is 2.80. The van der Waals surface area contributed by atoms with Gasteiger partial charge in [-0.2, -0.15) is 0 Å². The molecule has 0 spiro atoms. The Kier molecular flexibility index (Phi) is 5.76. The predicted molar refractivity (Wildman–Crippen MR) is 123 cm³/mol. The number of benzene rings is 3. The fourth-order valence-electron chi connectivity index (χ4n) is 3.19. The number of aryl methyl sites for hydroxylation is 2. The summed E-state index contributed by atoms with van der Waals surface area (Å²) in [5, 5.41) is 2.84. The summed E-state index contributed by atoms with van der Waals surface area (Å²) < 4.78 is 5.22. The second-order valence-electron chi connectivity index (χ2n) is 7.38. The third kappa shape index (κ3) is 4.78. The molecule has 3 aromatic carbocycles. The number of methoxy groups -OCH3 is 1. The number of rotatable bonds is 5. The third-order valence-corrected chi connectivity index (χ3v) is 4.98. The van der Waals surface area contributed by atoms with Gasteiger partial charge in [-0.05, 0) is 38.1 Å². The Morgan fingerprint density at radius 1 is 0.774 bits per heavy atom. The highest BCUT2D eigenvalue weighted by atomic mass is 16.5. The van der Waals surface area contributed by atoms with Crippen molar-refractivity contribution in [2.75, 3.05) is 12.4 Å². The Morgan fingerprint density at radius 2 is 1.32 bits per heavy atom. The van der Waals surface area contributed by atoms with E-state index >= 15 is 0 Å². The van der Waals surface area contributed by atoms with Gasteiger partial charge >= 0.3 is 0 Å². The highest BCUT2D eigenvalue weighted by Gasteiger charge is 2.13. The Labute approximate surface area is 181 Å². The zero-order valence-electron chi connectivity index (χ0n) is 17.7. The lowest BCUT2D eigenvalue weighted by Crippen LogP contribution is -2.15. The van der Waals surface area contributed by atoms with Crippen molar-refractivity contribution < 1.29 is 9.53 Å². The molecule has 1 aromatic heterocycles. The van der Waals surface area contributed by atoms with E-state index in [4.69, 9.17) is 4.74 Å². The molecule has 0 bridgehead atoms. The van der Waals surface area contributed by atoms with E-state index in [2.05, 4.69) is 15.3 Å². The minimum Gasteiger partial charge on any atom is -0.497 e. The zero-order valence-corrected chi connectivity index (χ0v) is 17.7. The highest BCUT2D eigenvalue weighted by Crippen LogP contribution is 2.26. The van der Waals surface area contributed by atoms with Crippen LogP contribution in [0.15, 0.2) is 78.9 Å². The van der Waals surface area contributed by atoms with Crippen LogP contribution in [-0.2, 0) is 0 Å². The maximum absolute atomic E-state index is 12.8. The molecule has 5 nitrogen and oxygen atoms in total. The topological polar surface area (TPSA) is 64.1 Å². The number of nitrogens with one attached hydrogen (secondary N) is 1. The molecule has 5 heteroatoms. The lowest BCUT2D eigenvalue weighted by atomic mass is 10.1. The van der Waals surface area contributed by atoms with Crippen molar-refractivity contribution in [3.05, 3.63) is 95.6 Å². The van der Waals surface area contributed by atoms with E-state index in [1.807, 2.05) is 68.4 Å². The van der Waals surface area contributed by atoms with Gasteiger partial charge in [0.1, 0.15) is 5.75 Å². The first kappa shape index (κ1) is 20.3. The van der Waals surface area contributed by atoms with Crippen molar-refractivity contribution in [2.24, 2.45) is 0 Å². The van der Waals surface area contributed by atoms with Gasteiger partial charge in [-0.1, -0.05) is 65.7 Å². The molecule has 0 aliphatic rings. The number of carbonyl (C=O) groups excluding carboxylic acids is 1. The minimum absolute atomic E-state index is 0.251. The van der Waals surface area contributed by atoms with Crippen LogP contribution in [0.3, 0.4) is 0 Å². The first-order valence-electron chi connectivity index (χ1n) is 10.0. The van der Waals surface area contributed by atoms with Gasteiger partial charge in [0, 0.05) is 16.7 Å². The van der Waals surface area contributed by atoms with Crippen LogP contribution in [-0.4, -0.2) is 23.0 Å². The lowest BCUT2D eigenvalue weighted by molar-refractivity contribution is 0.102. The summed E-state index contributed by atoms with van der Waals surface area (Å²) in [6, 6.07) is 25.1. The zero-order chi connectivity index (χ0) is 21.8. The molecule has 1 N–H and O–H groups in total. The highest BCUT2D eigenvalue weighted by molar-refractivity contribution is 6.03. The number of hydrogen-bond acceptors (Lipinski definition) is 4. The second-order valence-corrected chi connectivity index (χ2v) is 7.38. The Hall–Kier alpha value is -3.99. The van der Waals surface area contributed by atoms with E-state index in [0.29, 0.717) is 11.3 Å². The molecular weight excluding hydrogens is 386 g/mol. The fourth-order valence-corrected chi connectivity index (χ4v) is 3.19. The molecule has 0 unspecified atom stereocenters. The van der Waals surface area contributed by atoms with Crippen molar-refractivity contribution in [1.29, 1.82) is 0 Å². The Bertz CT molecular complexity index is 1150. The largest absolute Gasteiger partial charge is 0.497 e. The van der Waals surface area contributed by atoms with E-state index < -0.39 is 0 Å². The maximum Gasteiger partial charge on any atom is 0.258 e. The first-order valence-corrected chi connectivity index (χ1v) is 10.0. The van der Waals surface area contributed by atoms with E-state index in [-0.39, 0.29) is 11.9 Å². The summed E-state index contributed by atoms with van der Waals surface area (Å²) in [4.78, 5) is 22.0. The Morgan fingerprint density at radius 3 is 1.84 bits per heavy atom. The molecule has 1 amide bonds. The fraction of sp³-hybridized carbons (Fsp3) is 0.115. The van der Waals surface area contributed by atoms with Gasteiger partial charge < -0.3 is 4.74 Å². The molecule has 0 radical (unpaired) electrons. The number of amides is 1. The molecule has 154 valence electrons. The molecule has 4 aromatic rings. The predicted octanol–water partition coefficient (Wildman–Crippen LogP) is 5.69. The van der Waals surface area contributed by atoms with Crippen LogP contribution < -0.4 is 10.1 Å². The number of ether oxygens (including phenoxy) is 1. The number of anilines is 1. The van der Waals surface area contributed by atoms with Gasteiger partial charge in [0.15, 0.2) is 0 Å². The van der Waals surface area contributed by atoms with Crippen molar-refractivity contribution in [2.45, 2.75) is 13.8 Å². The molecule has 0 aliphatic heterocycles. The summed E-state index contributed by atoms with van der Waals surface area (Å²) in [5.41, 5.74) is 6.21. The third-order valence-electron chi connectivity index (χ3n) is 4.98. The van der Waals surface area contributed by atoms with Gasteiger partial charge in [0.25, 0.3) is 5.91 Å². The number of aromatic nitrogens is 2. The van der Waals surface area contributed by atoms with Crippen molar-refractivity contribution in [3.63, 3.8) is 0 Å². The van der Waals surface area contributed by atoms with E-state index in [1.54, 1.807) is 31.4 Å². The standard InChI is InChI=1S/C26H23N3O2/c1-17-7-11-19(12-8-17)23-16-24(20-13-9-18(2)10-14-20)28-26(27-23)29-25(30)21-5-4-6-22(15-21)31-3/h4-16H,1-3H3,(H,27,28,29,30). The normalized spacial score (nSPS) is 10.5. The average molecular weight is 409 g/mol. The summed E-state index contributed by atoms with van der Waals surface area (Å²) in [5.74, 6) is 0.568. The van der Waals surface area contributed by atoms with Gasteiger partial charge in [0.2, 0.25) is 5.95 Å². The van der Waals surface area contributed by atoms with Crippen molar-refractivity contribution in [3.8, 4) is 28.3 Å². The molecule has 0 aliphatic carbocycles. The van der Waals surface area contributed by atoms with Gasteiger partial charge in [-0.3, -0.25) is 10.1 Å². The maximum atomic E-state index is 12.8. The van der Waals surface area contributed by atoms with Crippen LogP contribution in [0, 0.1) is 13.8 Å². The molecule has 1 heterocycles. The molecule has 0 saturated heterocycles. The summed E-state index contributed by atoms with van der Waals surface area (Å²) in [6.07, 6.45) is 0. The lowest BCUT2D eigenvalue weighted by Gasteiger charge is -2.11. The van der Waals surface area contributed by atoms with Crippen LogP contribution in [0.1, 0.15) is 21.5 Å². The van der Waals surface area contributed by atoms with E-state index in [0.717, 1.165) is 22.5 Å². The van der Waals surface area contributed by atoms with Crippen LogP contribution in [0.4, 0.5) is 5.95 Å². The summed E-state index contributed by atoms with van der Waals surface area (Å²) >= 11 is 0. The smallest absolute Gasteiger partial charge is 0.258 e. The van der Waals surface area contributed by atoms with Gasteiger partial charge in [-0.15, -0.1) is 0 Å². The van der Waals surface area contributed by atoms with Crippen molar-refractivity contribution in [1.82, 2.24) is 9.97 Å². The Balaban J connectivity index is 1.74. The molecule has 4 rings (SSSR count). The number of carbonyl (C=O) groups is 1. The minimum atomic E-state index is -0.296. The number of nitrogens with zero attached hydrogens (tertiary/aromatic N) is 2. The molecule has 0 atom stereocenters. The van der Waals surface area contributed by atoms with Gasteiger partial charge in [-0.25, -0.2) is 9.97 Å². The summed E-state index contributed by atoms with van der Waals surface area (Å²) in [6.45, 7) is 4.09. The van der Waals surface area contributed by atoms with Crippen LogP contribution in [0.25, 0.3) is 22.5 Å². The second kappa shape index (κ2) is 8.79. The van der Waals surface area contributed by atoms with E-state index in [9.17, 15) is 4.79 Å².